The number of nitrogens with zero attached hydrogens (tertiary/aromatic N) is 2. The van der Waals surface area contributed by atoms with E-state index in [2.05, 4.69) is 11.1 Å². The molecule has 2 aromatic carbocycles. The average Bonchev–Trinajstić information content (AvgIpc) is 3.27. The van der Waals surface area contributed by atoms with E-state index in [4.69, 9.17) is 4.42 Å². The van der Waals surface area contributed by atoms with Crippen molar-refractivity contribution in [3.05, 3.63) is 79.6 Å². The lowest BCUT2D eigenvalue weighted by atomic mass is 10.1. The van der Waals surface area contributed by atoms with Crippen LogP contribution in [0.2, 0.25) is 0 Å². The molecule has 0 spiro atoms. The first-order valence-corrected chi connectivity index (χ1v) is 7.27. The molecule has 4 nitrogen and oxygen atoms in total. The van der Waals surface area contributed by atoms with Crippen molar-refractivity contribution in [2.45, 2.75) is 0 Å². The van der Waals surface area contributed by atoms with Crippen molar-refractivity contribution in [2.24, 2.45) is 0 Å². The third-order valence-corrected chi connectivity index (χ3v) is 3.75. The van der Waals surface area contributed by atoms with Crippen LogP contribution in [0.3, 0.4) is 0 Å². The van der Waals surface area contributed by atoms with E-state index in [-0.39, 0.29) is 5.75 Å². The molecule has 4 heteroatoms. The second kappa shape index (κ2) is 5.50. The predicted molar refractivity (Wildman–Crippen MR) is 88.4 cm³/mol. The summed E-state index contributed by atoms with van der Waals surface area (Å²) in [5.41, 5.74) is 4.04. The SMILES string of the molecule is Oc1ccc(-c2cc(-c3ccccc3-n3ccnc3)co2)cc1. The Labute approximate surface area is 133 Å². The van der Waals surface area contributed by atoms with Gasteiger partial charge < -0.3 is 14.1 Å². The van der Waals surface area contributed by atoms with Gasteiger partial charge >= 0.3 is 0 Å². The van der Waals surface area contributed by atoms with Crippen LogP contribution in [0.1, 0.15) is 0 Å². The van der Waals surface area contributed by atoms with Gasteiger partial charge in [0.25, 0.3) is 0 Å². The molecule has 0 fully saturated rings. The summed E-state index contributed by atoms with van der Waals surface area (Å²) in [6.45, 7) is 0. The topological polar surface area (TPSA) is 51.2 Å². The predicted octanol–water partition coefficient (Wildman–Crippen LogP) is 4.50. The molecule has 4 aromatic rings. The van der Waals surface area contributed by atoms with Crippen LogP contribution in [0.15, 0.2) is 84.0 Å². The highest BCUT2D eigenvalue weighted by molar-refractivity contribution is 5.76. The summed E-state index contributed by atoms with van der Waals surface area (Å²) in [4.78, 5) is 4.11. The number of phenols is 1. The molecule has 0 aliphatic rings. The molecule has 0 atom stereocenters. The lowest BCUT2D eigenvalue weighted by Gasteiger charge is -2.07. The summed E-state index contributed by atoms with van der Waals surface area (Å²) in [6, 6.07) is 17.1. The quantitative estimate of drug-likeness (QED) is 0.606. The van der Waals surface area contributed by atoms with Crippen molar-refractivity contribution in [3.8, 4) is 33.9 Å². The summed E-state index contributed by atoms with van der Waals surface area (Å²) in [7, 11) is 0. The molecule has 0 aliphatic carbocycles. The third-order valence-electron chi connectivity index (χ3n) is 3.75. The molecular formula is C19H14N2O2. The summed E-state index contributed by atoms with van der Waals surface area (Å²) in [6.07, 6.45) is 7.20. The number of benzene rings is 2. The van der Waals surface area contributed by atoms with Gasteiger partial charge in [-0.2, -0.15) is 0 Å². The Morgan fingerprint density at radius 1 is 0.957 bits per heavy atom. The first-order chi connectivity index (χ1) is 11.3. The lowest BCUT2D eigenvalue weighted by Crippen LogP contribution is -1.92. The largest absolute Gasteiger partial charge is 0.508 e. The van der Waals surface area contributed by atoms with Crippen molar-refractivity contribution in [1.29, 1.82) is 0 Å². The van der Waals surface area contributed by atoms with Crippen molar-refractivity contribution < 1.29 is 9.52 Å². The maximum atomic E-state index is 9.39. The minimum Gasteiger partial charge on any atom is -0.508 e. The molecule has 2 aromatic heterocycles. The molecule has 0 bridgehead atoms. The fraction of sp³-hybridized carbons (Fsp3) is 0. The molecule has 0 saturated heterocycles. The fourth-order valence-corrected chi connectivity index (χ4v) is 2.60. The number of phenolic OH excluding ortho intramolecular Hbond substituents is 1. The monoisotopic (exact) mass is 302 g/mol. The first kappa shape index (κ1) is 13.4. The standard InChI is InChI=1S/C19H14N2O2/c22-16-7-5-14(6-8-16)19-11-15(12-23-19)17-3-1-2-4-18(17)21-10-9-20-13-21/h1-13,22H. The van der Waals surface area contributed by atoms with E-state index in [1.165, 1.54) is 0 Å². The van der Waals surface area contributed by atoms with Crippen LogP contribution >= 0.6 is 0 Å². The zero-order valence-electron chi connectivity index (χ0n) is 12.3. The highest BCUT2D eigenvalue weighted by Gasteiger charge is 2.11. The van der Waals surface area contributed by atoms with Gasteiger partial charge in [-0.15, -0.1) is 0 Å². The lowest BCUT2D eigenvalue weighted by molar-refractivity contribution is 0.475. The molecule has 0 amide bonds. The van der Waals surface area contributed by atoms with Crippen LogP contribution in [0.25, 0.3) is 28.1 Å². The minimum absolute atomic E-state index is 0.242. The second-order valence-corrected chi connectivity index (χ2v) is 5.23. The van der Waals surface area contributed by atoms with Gasteiger partial charge in [-0.25, -0.2) is 4.98 Å². The van der Waals surface area contributed by atoms with Crippen LogP contribution in [0.5, 0.6) is 5.75 Å². The van der Waals surface area contributed by atoms with Gasteiger partial charge in [-0.05, 0) is 36.4 Å². The Morgan fingerprint density at radius 2 is 1.78 bits per heavy atom. The maximum absolute atomic E-state index is 9.39. The Morgan fingerprint density at radius 3 is 2.57 bits per heavy atom. The third kappa shape index (κ3) is 2.51. The number of hydrogen-bond acceptors (Lipinski definition) is 3. The summed E-state index contributed by atoms with van der Waals surface area (Å²) >= 11 is 0. The summed E-state index contributed by atoms with van der Waals surface area (Å²) < 4.78 is 7.69. The molecule has 112 valence electrons. The van der Waals surface area contributed by atoms with E-state index in [1.807, 2.05) is 47.2 Å². The number of aromatic hydroxyl groups is 1. The minimum atomic E-state index is 0.242. The van der Waals surface area contributed by atoms with Gasteiger partial charge in [0.1, 0.15) is 11.5 Å². The molecule has 0 radical (unpaired) electrons. The maximum Gasteiger partial charge on any atom is 0.134 e. The van der Waals surface area contributed by atoms with E-state index in [0.717, 1.165) is 28.1 Å². The Hall–Kier alpha value is -3.27. The summed E-state index contributed by atoms with van der Waals surface area (Å²) in [5.74, 6) is 1.01. The molecular weight excluding hydrogens is 288 g/mol. The van der Waals surface area contributed by atoms with Crippen molar-refractivity contribution >= 4 is 0 Å². The van der Waals surface area contributed by atoms with E-state index in [9.17, 15) is 5.11 Å². The van der Waals surface area contributed by atoms with Crippen molar-refractivity contribution in [3.63, 3.8) is 0 Å². The number of aromatic nitrogens is 2. The van der Waals surface area contributed by atoms with Crippen molar-refractivity contribution in [2.75, 3.05) is 0 Å². The Balaban J connectivity index is 1.77. The van der Waals surface area contributed by atoms with Gasteiger partial charge in [0, 0.05) is 29.1 Å². The molecule has 2 heterocycles. The van der Waals surface area contributed by atoms with Gasteiger partial charge in [0.2, 0.25) is 0 Å². The molecule has 0 aliphatic heterocycles. The van der Waals surface area contributed by atoms with E-state index < -0.39 is 0 Å². The number of furan rings is 1. The van der Waals surface area contributed by atoms with Gasteiger partial charge in [-0.3, -0.25) is 0 Å². The zero-order chi connectivity index (χ0) is 15.6. The van der Waals surface area contributed by atoms with Gasteiger partial charge in [0.05, 0.1) is 18.3 Å². The smallest absolute Gasteiger partial charge is 0.134 e. The Bertz CT molecular complexity index is 922. The van der Waals surface area contributed by atoms with Crippen LogP contribution in [-0.2, 0) is 0 Å². The van der Waals surface area contributed by atoms with E-state index in [1.54, 1.807) is 30.9 Å². The first-order valence-electron chi connectivity index (χ1n) is 7.27. The van der Waals surface area contributed by atoms with Gasteiger partial charge in [-0.1, -0.05) is 18.2 Å². The zero-order valence-corrected chi connectivity index (χ0v) is 12.3. The number of rotatable bonds is 3. The fourth-order valence-electron chi connectivity index (χ4n) is 2.60. The molecule has 0 saturated carbocycles. The highest BCUT2D eigenvalue weighted by Crippen LogP contribution is 2.32. The normalized spacial score (nSPS) is 10.8. The second-order valence-electron chi connectivity index (χ2n) is 5.23. The number of para-hydroxylation sites is 1. The molecule has 4 rings (SSSR count). The summed E-state index contributed by atoms with van der Waals surface area (Å²) in [5, 5.41) is 9.39. The molecule has 1 N–H and O–H groups in total. The Kier molecular flexibility index (Phi) is 3.20. The van der Waals surface area contributed by atoms with Crippen LogP contribution < -0.4 is 0 Å². The number of hydrogen-bond donors (Lipinski definition) is 1. The van der Waals surface area contributed by atoms with Crippen LogP contribution in [-0.4, -0.2) is 14.7 Å². The van der Waals surface area contributed by atoms with E-state index >= 15 is 0 Å². The van der Waals surface area contributed by atoms with Crippen molar-refractivity contribution in [1.82, 2.24) is 9.55 Å². The van der Waals surface area contributed by atoms with Crippen LogP contribution in [0, 0.1) is 0 Å². The molecule has 23 heavy (non-hydrogen) atoms. The van der Waals surface area contributed by atoms with E-state index in [0.29, 0.717) is 0 Å². The molecule has 0 unspecified atom stereocenters. The van der Waals surface area contributed by atoms with Gasteiger partial charge in [0.15, 0.2) is 0 Å². The van der Waals surface area contributed by atoms with Crippen LogP contribution in [0.4, 0.5) is 0 Å². The highest BCUT2D eigenvalue weighted by atomic mass is 16.3. The number of imidazole rings is 1. The average molecular weight is 302 g/mol.